The van der Waals surface area contributed by atoms with Crippen LogP contribution in [0.2, 0.25) is 0 Å². The minimum atomic E-state index is 0.116. The van der Waals surface area contributed by atoms with Crippen LogP contribution in [0.3, 0.4) is 0 Å². The summed E-state index contributed by atoms with van der Waals surface area (Å²) in [5, 5.41) is 0. The Bertz CT molecular complexity index is 233. The average molecular weight is 194 g/mol. The van der Waals surface area contributed by atoms with Crippen molar-refractivity contribution in [2.24, 2.45) is 17.3 Å². The van der Waals surface area contributed by atoms with Crippen molar-refractivity contribution in [2.75, 3.05) is 0 Å². The van der Waals surface area contributed by atoms with Gasteiger partial charge in [0.15, 0.2) is 0 Å². The molecule has 2 rings (SSSR count). The molecule has 0 spiro atoms. The number of hydrogen-bond donors (Lipinski definition) is 0. The van der Waals surface area contributed by atoms with Crippen LogP contribution in [0, 0.1) is 17.3 Å². The molecule has 2 saturated carbocycles. The molecule has 0 heterocycles. The molecule has 1 nitrogen and oxygen atoms in total. The van der Waals surface area contributed by atoms with E-state index in [0.717, 1.165) is 11.8 Å². The summed E-state index contributed by atoms with van der Waals surface area (Å²) < 4.78 is 0. The van der Waals surface area contributed by atoms with Gasteiger partial charge in [-0.1, -0.05) is 19.8 Å². The fourth-order valence-corrected chi connectivity index (χ4v) is 3.73. The smallest absolute Gasteiger partial charge is 0.136 e. The van der Waals surface area contributed by atoms with Gasteiger partial charge in [-0.05, 0) is 50.9 Å². The summed E-state index contributed by atoms with van der Waals surface area (Å²) in [4.78, 5) is 11.9. The Morgan fingerprint density at radius 3 is 2.71 bits per heavy atom. The number of Topliss-reactive ketones (excluding diaryl/α,β-unsaturated/α-hetero) is 1. The van der Waals surface area contributed by atoms with Gasteiger partial charge in [0.05, 0.1) is 0 Å². The summed E-state index contributed by atoms with van der Waals surface area (Å²) in [6.07, 6.45) is 8.88. The van der Waals surface area contributed by atoms with Crippen molar-refractivity contribution < 1.29 is 4.79 Å². The Labute approximate surface area is 87.3 Å². The summed E-state index contributed by atoms with van der Waals surface area (Å²) in [7, 11) is 0. The van der Waals surface area contributed by atoms with E-state index in [1.807, 2.05) is 6.92 Å². The van der Waals surface area contributed by atoms with Gasteiger partial charge in [-0.15, -0.1) is 0 Å². The zero-order chi connectivity index (χ0) is 10.2. The van der Waals surface area contributed by atoms with Crippen LogP contribution in [0.15, 0.2) is 0 Å². The lowest BCUT2D eigenvalue weighted by atomic mass is 9.56. The maximum absolute atomic E-state index is 11.9. The Hall–Kier alpha value is -0.330. The molecule has 2 fully saturated rings. The van der Waals surface area contributed by atoms with E-state index >= 15 is 0 Å². The highest BCUT2D eigenvalue weighted by molar-refractivity contribution is 5.83. The Morgan fingerprint density at radius 2 is 2.00 bits per heavy atom. The SMILES string of the molecule is CC(=O)[C@]12CCCC[C@@H]1C[C@H](C)CC2. The summed E-state index contributed by atoms with van der Waals surface area (Å²) in [5.74, 6) is 2.05. The maximum Gasteiger partial charge on any atom is 0.136 e. The fourth-order valence-electron chi connectivity index (χ4n) is 3.73. The van der Waals surface area contributed by atoms with E-state index in [1.54, 1.807) is 0 Å². The van der Waals surface area contributed by atoms with E-state index in [1.165, 1.54) is 44.9 Å². The Morgan fingerprint density at radius 1 is 1.21 bits per heavy atom. The van der Waals surface area contributed by atoms with Crippen molar-refractivity contribution in [1.82, 2.24) is 0 Å². The number of fused-ring (bicyclic) bond motifs is 1. The topological polar surface area (TPSA) is 17.1 Å². The first-order valence-electron chi connectivity index (χ1n) is 6.16. The zero-order valence-electron chi connectivity index (χ0n) is 9.51. The predicted molar refractivity (Wildman–Crippen MR) is 58.1 cm³/mol. The summed E-state index contributed by atoms with van der Waals surface area (Å²) in [6.45, 7) is 4.17. The van der Waals surface area contributed by atoms with Crippen LogP contribution in [0.4, 0.5) is 0 Å². The lowest BCUT2D eigenvalue weighted by Gasteiger charge is -2.47. The van der Waals surface area contributed by atoms with E-state index in [2.05, 4.69) is 6.92 Å². The molecule has 14 heavy (non-hydrogen) atoms. The lowest BCUT2D eigenvalue weighted by Crippen LogP contribution is -2.43. The van der Waals surface area contributed by atoms with Gasteiger partial charge in [0.25, 0.3) is 0 Å². The third kappa shape index (κ3) is 1.51. The van der Waals surface area contributed by atoms with E-state index in [0.29, 0.717) is 5.78 Å². The summed E-state index contributed by atoms with van der Waals surface area (Å²) in [5.41, 5.74) is 0.116. The van der Waals surface area contributed by atoms with E-state index in [9.17, 15) is 4.79 Å². The molecule has 2 aliphatic rings. The molecular formula is C13H22O. The van der Waals surface area contributed by atoms with Gasteiger partial charge in [0, 0.05) is 5.41 Å². The van der Waals surface area contributed by atoms with Crippen LogP contribution in [0.1, 0.15) is 58.8 Å². The zero-order valence-corrected chi connectivity index (χ0v) is 9.51. The molecule has 0 saturated heterocycles. The van der Waals surface area contributed by atoms with Crippen LogP contribution < -0.4 is 0 Å². The van der Waals surface area contributed by atoms with Gasteiger partial charge in [0.2, 0.25) is 0 Å². The predicted octanol–water partition coefficient (Wildman–Crippen LogP) is 3.57. The third-order valence-electron chi connectivity index (χ3n) is 4.68. The highest BCUT2D eigenvalue weighted by Gasteiger charge is 2.46. The molecule has 1 heteroatoms. The first-order valence-corrected chi connectivity index (χ1v) is 6.16. The fraction of sp³-hybridized carbons (Fsp3) is 0.923. The second-order valence-electron chi connectivity index (χ2n) is 5.53. The van der Waals surface area contributed by atoms with Gasteiger partial charge in [-0.25, -0.2) is 0 Å². The van der Waals surface area contributed by atoms with Crippen LogP contribution in [-0.2, 0) is 4.79 Å². The second-order valence-corrected chi connectivity index (χ2v) is 5.53. The molecule has 3 atom stereocenters. The van der Waals surface area contributed by atoms with Crippen molar-refractivity contribution >= 4 is 5.78 Å². The number of rotatable bonds is 1. The molecule has 0 N–H and O–H groups in total. The van der Waals surface area contributed by atoms with Crippen molar-refractivity contribution in [1.29, 1.82) is 0 Å². The molecule has 0 unspecified atom stereocenters. The van der Waals surface area contributed by atoms with Crippen molar-refractivity contribution in [3.63, 3.8) is 0 Å². The molecule has 0 amide bonds. The van der Waals surface area contributed by atoms with Gasteiger partial charge in [-0.3, -0.25) is 4.79 Å². The molecule has 0 aliphatic heterocycles. The number of hydrogen-bond acceptors (Lipinski definition) is 1. The quantitative estimate of drug-likeness (QED) is 0.623. The standard InChI is InChI=1S/C13H22O/c1-10-6-8-13(11(2)14)7-4-3-5-12(13)9-10/h10,12H,3-9H2,1-2H3/t10-,12-,13-/m1/s1. The van der Waals surface area contributed by atoms with Crippen LogP contribution in [0.25, 0.3) is 0 Å². The van der Waals surface area contributed by atoms with Crippen molar-refractivity contribution in [2.45, 2.75) is 58.8 Å². The van der Waals surface area contributed by atoms with E-state index in [-0.39, 0.29) is 5.41 Å². The molecule has 2 aliphatic carbocycles. The van der Waals surface area contributed by atoms with Gasteiger partial charge in [-0.2, -0.15) is 0 Å². The minimum Gasteiger partial charge on any atom is -0.299 e. The summed E-state index contributed by atoms with van der Waals surface area (Å²) in [6, 6.07) is 0. The van der Waals surface area contributed by atoms with E-state index < -0.39 is 0 Å². The lowest BCUT2D eigenvalue weighted by molar-refractivity contribution is -0.135. The molecule has 0 radical (unpaired) electrons. The summed E-state index contributed by atoms with van der Waals surface area (Å²) >= 11 is 0. The van der Waals surface area contributed by atoms with Crippen molar-refractivity contribution in [3.05, 3.63) is 0 Å². The van der Waals surface area contributed by atoms with Crippen molar-refractivity contribution in [3.8, 4) is 0 Å². The first kappa shape index (κ1) is 10.2. The Kier molecular flexibility index (Phi) is 2.68. The molecular weight excluding hydrogens is 172 g/mol. The second kappa shape index (κ2) is 3.67. The average Bonchev–Trinajstić information content (AvgIpc) is 2.17. The van der Waals surface area contributed by atoms with Crippen LogP contribution >= 0.6 is 0 Å². The third-order valence-corrected chi connectivity index (χ3v) is 4.68. The molecule has 0 bridgehead atoms. The number of ketones is 1. The largest absolute Gasteiger partial charge is 0.299 e. The molecule has 0 aromatic rings. The maximum atomic E-state index is 11.9. The van der Waals surface area contributed by atoms with Gasteiger partial charge in [0.1, 0.15) is 5.78 Å². The first-order chi connectivity index (χ1) is 6.65. The van der Waals surface area contributed by atoms with Gasteiger partial charge < -0.3 is 0 Å². The number of carbonyl (C=O) groups is 1. The van der Waals surface area contributed by atoms with Crippen LogP contribution in [-0.4, -0.2) is 5.78 Å². The van der Waals surface area contributed by atoms with E-state index in [4.69, 9.17) is 0 Å². The molecule has 0 aromatic carbocycles. The minimum absolute atomic E-state index is 0.116. The van der Waals surface area contributed by atoms with Crippen LogP contribution in [0.5, 0.6) is 0 Å². The Balaban J connectivity index is 2.20. The molecule has 80 valence electrons. The normalized spacial score (nSPS) is 43.0. The van der Waals surface area contributed by atoms with Gasteiger partial charge >= 0.3 is 0 Å². The monoisotopic (exact) mass is 194 g/mol. The number of carbonyl (C=O) groups excluding carboxylic acids is 1. The highest BCUT2D eigenvalue weighted by Crippen LogP contribution is 2.52. The molecule has 0 aromatic heterocycles. The highest BCUT2D eigenvalue weighted by atomic mass is 16.1.